The fourth-order valence-electron chi connectivity index (χ4n) is 3.23. The third-order valence-electron chi connectivity index (χ3n) is 4.90. The molecule has 1 amide bonds. The molecule has 0 aliphatic carbocycles. The van der Waals surface area contributed by atoms with Crippen LogP contribution in [0.5, 0.6) is 0 Å². The molecule has 4 aromatic rings. The molecule has 0 unspecified atom stereocenters. The van der Waals surface area contributed by atoms with E-state index >= 15 is 0 Å². The Labute approximate surface area is 176 Å². The van der Waals surface area contributed by atoms with E-state index in [4.69, 9.17) is 4.52 Å². The Morgan fingerprint density at radius 3 is 2.27 bits per heavy atom. The summed E-state index contributed by atoms with van der Waals surface area (Å²) in [4.78, 5) is 19.5. The average Bonchev–Trinajstić information content (AvgIpc) is 3.27. The predicted molar refractivity (Wildman–Crippen MR) is 116 cm³/mol. The molecule has 0 spiro atoms. The van der Waals surface area contributed by atoms with Gasteiger partial charge < -0.3 is 9.42 Å². The topological polar surface area (TPSA) is 59.2 Å². The largest absolute Gasteiger partial charge is 0.339 e. The first-order valence-electron chi connectivity index (χ1n) is 9.97. The number of nitrogens with zero attached hydrogens (tertiary/aromatic N) is 3. The van der Waals surface area contributed by atoms with Crippen LogP contribution in [0.15, 0.2) is 89.5 Å². The van der Waals surface area contributed by atoms with Crippen molar-refractivity contribution in [3.63, 3.8) is 0 Å². The third kappa shape index (κ3) is 4.81. The standard InChI is InChI=1S/C25H23N3O2/c1-19-12-14-22(15-13-19)25(29)28(18-20-8-4-2-5-9-20)17-16-23-26-24(27-30-23)21-10-6-3-7-11-21/h2-15H,16-18H2,1H3. The summed E-state index contributed by atoms with van der Waals surface area (Å²) in [6, 6.07) is 27.3. The van der Waals surface area contributed by atoms with E-state index < -0.39 is 0 Å². The van der Waals surface area contributed by atoms with Crippen molar-refractivity contribution in [1.29, 1.82) is 0 Å². The molecular formula is C25H23N3O2. The van der Waals surface area contributed by atoms with Crippen LogP contribution in [-0.4, -0.2) is 27.5 Å². The zero-order valence-electron chi connectivity index (χ0n) is 16.9. The molecule has 0 saturated heterocycles. The Morgan fingerprint density at radius 2 is 1.57 bits per heavy atom. The van der Waals surface area contributed by atoms with E-state index in [0.717, 1.165) is 16.7 Å². The third-order valence-corrected chi connectivity index (χ3v) is 4.90. The molecule has 0 aliphatic heterocycles. The lowest BCUT2D eigenvalue weighted by molar-refractivity contribution is 0.0741. The number of amides is 1. The van der Waals surface area contributed by atoms with Gasteiger partial charge in [0.1, 0.15) is 0 Å². The highest BCUT2D eigenvalue weighted by Gasteiger charge is 2.18. The van der Waals surface area contributed by atoms with E-state index in [9.17, 15) is 4.79 Å². The summed E-state index contributed by atoms with van der Waals surface area (Å²) in [5.41, 5.74) is 3.78. The summed E-state index contributed by atoms with van der Waals surface area (Å²) in [7, 11) is 0. The van der Waals surface area contributed by atoms with Crippen molar-refractivity contribution in [3.05, 3.63) is 108 Å². The maximum Gasteiger partial charge on any atom is 0.254 e. The number of aryl methyl sites for hydroxylation is 1. The van der Waals surface area contributed by atoms with Crippen LogP contribution in [0.25, 0.3) is 11.4 Å². The van der Waals surface area contributed by atoms with Gasteiger partial charge in [-0.25, -0.2) is 0 Å². The Hall–Kier alpha value is -3.73. The molecule has 5 nitrogen and oxygen atoms in total. The molecule has 0 atom stereocenters. The number of hydrogen-bond acceptors (Lipinski definition) is 4. The molecule has 0 bridgehead atoms. The summed E-state index contributed by atoms with van der Waals surface area (Å²) >= 11 is 0. The van der Waals surface area contributed by atoms with Crippen LogP contribution in [-0.2, 0) is 13.0 Å². The molecule has 1 heterocycles. The molecule has 0 saturated carbocycles. The van der Waals surface area contributed by atoms with E-state index in [0.29, 0.717) is 36.8 Å². The van der Waals surface area contributed by atoms with Gasteiger partial charge in [0.15, 0.2) is 0 Å². The van der Waals surface area contributed by atoms with Crippen LogP contribution >= 0.6 is 0 Å². The van der Waals surface area contributed by atoms with Crippen molar-refractivity contribution in [1.82, 2.24) is 15.0 Å². The van der Waals surface area contributed by atoms with Crippen molar-refractivity contribution in [3.8, 4) is 11.4 Å². The first-order chi connectivity index (χ1) is 14.7. The van der Waals surface area contributed by atoms with Crippen molar-refractivity contribution in [2.24, 2.45) is 0 Å². The Balaban J connectivity index is 1.50. The van der Waals surface area contributed by atoms with Crippen LogP contribution < -0.4 is 0 Å². The fourth-order valence-corrected chi connectivity index (χ4v) is 3.23. The summed E-state index contributed by atoms with van der Waals surface area (Å²) in [5, 5.41) is 4.07. The van der Waals surface area contributed by atoms with Crippen LogP contribution in [0, 0.1) is 6.92 Å². The van der Waals surface area contributed by atoms with E-state index in [-0.39, 0.29) is 5.91 Å². The highest BCUT2D eigenvalue weighted by atomic mass is 16.5. The maximum absolute atomic E-state index is 13.2. The number of benzene rings is 3. The molecular weight excluding hydrogens is 374 g/mol. The van der Waals surface area contributed by atoms with Gasteiger partial charge >= 0.3 is 0 Å². The number of hydrogen-bond donors (Lipinski definition) is 0. The number of rotatable bonds is 7. The normalized spacial score (nSPS) is 10.7. The van der Waals surface area contributed by atoms with Gasteiger partial charge in [-0.2, -0.15) is 4.98 Å². The summed E-state index contributed by atoms with van der Waals surface area (Å²) in [6.45, 7) is 3.02. The molecule has 150 valence electrons. The van der Waals surface area contributed by atoms with Crippen molar-refractivity contribution in [2.45, 2.75) is 19.9 Å². The van der Waals surface area contributed by atoms with Gasteiger partial charge in [0.2, 0.25) is 11.7 Å². The lowest BCUT2D eigenvalue weighted by atomic mass is 10.1. The lowest BCUT2D eigenvalue weighted by Crippen LogP contribution is -2.32. The average molecular weight is 397 g/mol. The second-order valence-corrected chi connectivity index (χ2v) is 7.21. The molecule has 0 radical (unpaired) electrons. The molecule has 30 heavy (non-hydrogen) atoms. The van der Waals surface area contributed by atoms with E-state index in [1.807, 2.05) is 96.8 Å². The highest BCUT2D eigenvalue weighted by Crippen LogP contribution is 2.16. The number of carbonyl (C=O) groups excluding carboxylic acids is 1. The van der Waals surface area contributed by atoms with E-state index in [2.05, 4.69) is 10.1 Å². The van der Waals surface area contributed by atoms with E-state index in [1.165, 1.54) is 0 Å². The zero-order chi connectivity index (χ0) is 20.8. The van der Waals surface area contributed by atoms with Crippen LogP contribution in [0.1, 0.15) is 27.4 Å². The number of aromatic nitrogens is 2. The van der Waals surface area contributed by atoms with Gasteiger partial charge in [-0.05, 0) is 24.6 Å². The van der Waals surface area contributed by atoms with Crippen molar-refractivity contribution in [2.75, 3.05) is 6.54 Å². The SMILES string of the molecule is Cc1ccc(C(=O)N(CCc2nc(-c3ccccc3)no2)Cc2ccccc2)cc1. The van der Waals surface area contributed by atoms with Crippen LogP contribution in [0.4, 0.5) is 0 Å². The van der Waals surface area contributed by atoms with Gasteiger partial charge in [0.25, 0.3) is 5.91 Å². The van der Waals surface area contributed by atoms with Gasteiger partial charge in [-0.1, -0.05) is 83.5 Å². The second kappa shape index (κ2) is 9.18. The summed E-state index contributed by atoms with van der Waals surface area (Å²) in [5.74, 6) is 1.07. The number of carbonyl (C=O) groups is 1. The first kappa shape index (κ1) is 19.6. The molecule has 0 aliphatic rings. The zero-order valence-corrected chi connectivity index (χ0v) is 16.9. The second-order valence-electron chi connectivity index (χ2n) is 7.21. The van der Waals surface area contributed by atoms with Gasteiger partial charge in [-0.15, -0.1) is 0 Å². The van der Waals surface area contributed by atoms with Gasteiger partial charge in [0.05, 0.1) is 0 Å². The lowest BCUT2D eigenvalue weighted by Gasteiger charge is -2.22. The van der Waals surface area contributed by atoms with Crippen molar-refractivity contribution < 1.29 is 9.32 Å². The van der Waals surface area contributed by atoms with E-state index in [1.54, 1.807) is 0 Å². The molecule has 0 fully saturated rings. The molecule has 0 N–H and O–H groups in total. The minimum Gasteiger partial charge on any atom is -0.339 e. The molecule has 4 rings (SSSR count). The monoisotopic (exact) mass is 397 g/mol. The smallest absolute Gasteiger partial charge is 0.254 e. The minimum absolute atomic E-state index is 0.0124. The molecule has 1 aromatic heterocycles. The molecule has 3 aromatic carbocycles. The minimum atomic E-state index is -0.0124. The fraction of sp³-hybridized carbons (Fsp3) is 0.160. The van der Waals surface area contributed by atoms with Crippen LogP contribution in [0.2, 0.25) is 0 Å². The van der Waals surface area contributed by atoms with Gasteiger partial charge in [-0.3, -0.25) is 4.79 Å². The van der Waals surface area contributed by atoms with Crippen LogP contribution in [0.3, 0.4) is 0 Å². The van der Waals surface area contributed by atoms with Gasteiger partial charge in [0, 0.05) is 30.6 Å². The Morgan fingerprint density at radius 1 is 0.900 bits per heavy atom. The predicted octanol–water partition coefficient (Wildman–Crippen LogP) is 4.93. The van der Waals surface area contributed by atoms with Crippen molar-refractivity contribution >= 4 is 5.91 Å². The summed E-state index contributed by atoms with van der Waals surface area (Å²) < 4.78 is 5.42. The quantitative estimate of drug-likeness (QED) is 0.444. The Bertz CT molecular complexity index is 1090. The maximum atomic E-state index is 13.2. The molecule has 5 heteroatoms. The summed E-state index contributed by atoms with van der Waals surface area (Å²) in [6.07, 6.45) is 0.490. The highest BCUT2D eigenvalue weighted by molar-refractivity contribution is 5.94. The Kier molecular flexibility index (Phi) is 5.99. The first-order valence-corrected chi connectivity index (χ1v) is 9.97.